The summed E-state index contributed by atoms with van der Waals surface area (Å²) < 4.78 is 47.7. The molecular formula is C23H21F2N5O4. The number of fused-ring (bicyclic) bond motifs is 3. The third kappa shape index (κ3) is 3.15. The van der Waals surface area contributed by atoms with Gasteiger partial charge in [-0.2, -0.15) is 8.78 Å². The van der Waals surface area contributed by atoms with Crippen molar-refractivity contribution in [1.29, 1.82) is 0 Å². The van der Waals surface area contributed by atoms with E-state index in [1.54, 1.807) is 26.0 Å². The Kier molecular flexibility index (Phi) is 4.60. The second-order valence-electron chi connectivity index (χ2n) is 8.93. The van der Waals surface area contributed by atoms with Crippen LogP contribution in [-0.4, -0.2) is 54.0 Å². The first-order chi connectivity index (χ1) is 16.2. The van der Waals surface area contributed by atoms with Crippen LogP contribution in [0.3, 0.4) is 0 Å². The number of rotatable bonds is 4. The Morgan fingerprint density at radius 2 is 1.91 bits per heavy atom. The van der Waals surface area contributed by atoms with Crippen LogP contribution in [0.2, 0.25) is 0 Å². The fourth-order valence-electron chi connectivity index (χ4n) is 4.81. The molecule has 0 N–H and O–H groups in total. The highest BCUT2D eigenvalue weighted by atomic mass is 19.3. The fraction of sp³-hybridized carbons (Fsp3) is 0.391. The van der Waals surface area contributed by atoms with E-state index in [9.17, 15) is 13.6 Å². The van der Waals surface area contributed by atoms with Crippen molar-refractivity contribution in [3.05, 3.63) is 54.4 Å². The first-order valence-corrected chi connectivity index (χ1v) is 10.8. The third-order valence-corrected chi connectivity index (χ3v) is 6.34. The standard InChI is InChI=1S/C23H21F2N5O4/c1-11-13-6-7-29(20(13)27-9-26-11)21-19-18(33-23(2,3)34-19)17(32-21)16(31)12-4-5-14-15(8-12)30(10-28-14)22(24)25/h4-10,17-19,21-22H,1-3H3/t17-,18-,19-,21-/m1/s1. The number of Topliss-reactive ketones (excluding diaryl/α,β-unsaturated/α-hetero) is 1. The van der Waals surface area contributed by atoms with E-state index in [2.05, 4.69) is 15.0 Å². The van der Waals surface area contributed by atoms with Gasteiger partial charge in [0.1, 0.15) is 30.5 Å². The molecule has 11 heteroatoms. The quantitative estimate of drug-likeness (QED) is 0.420. The molecule has 0 spiro atoms. The van der Waals surface area contributed by atoms with Crippen molar-refractivity contribution in [2.24, 2.45) is 0 Å². The van der Waals surface area contributed by atoms with E-state index in [1.165, 1.54) is 12.4 Å². The van der Waals surface area contributed by atoms with Crippen LogP contribution >= 0.6 is 0 Å². The van der Waals surface area contributed by atoms with Gasteiger partial charge < -0.3 is 18.8 Å². The largest absolute Gasteiger partial charge is 0.341 e. The fourth-order valence-corrected chi connectivity index (χ4v) is 4.81. The zero-order chi connectivity index (χ0) is 23.8. The maximum absolute atomic E-state index is 13.6. The Bertz CT molecular complexity index is 1430. The van der Waals surface area contributed by atoms with Crippen molar-refractivity contribution in [2.75, 3.05) is 0 Å². The number of ketones is 1. The van der Waals surface area contributed by atoms with Crippen LogP contribution in [0.5, 0.6) is 0 Å². The molecule has 2 fully saturated rings. The Labute approximate surface area is 192 Å². The molecule has 34 heavy (non-hydrogen) atoms. The molecule has 2 saturated heterocycles. The van der Waals surface area contributed by atoms with E-state index < -0.39 is 36.9 Å². The van der Waals surface area contributed by atoms with Gasteiger partial charge in [0.15, 0.2) is 23.9 Å². The van der Waals surface area contributed by atoms with E-state index in [0.29, 0.717) is 11.2 Å². The Morgan fingerprint density at radius 1 is 1.12 bits per heavy atom. The highest BCUT2D eigenvalue weighted by Gasteiger charge is 2.58. The summed E-state index contributed by atoms with van der Waals surface area (Å²) in [5, 5.41) is 0.862. The number of carbonyl (C=O) groups is 1. The smallest absolute Gasteiger partial charge is 0.320 e. The molecule has 9 nitrogen and oxygen atoms in total. The number of halogens is 2. The topological polar surface area (TPSA) is 93.3 Å². The van der Waals surface area contributed by atoms with Crippen molar-refractivity contribution >= 4 is 27.9 Å². The molecule has 5 heterocycles. The number of imidazole rings is 1. The zero-order valence-electron chi connectivity index (χ0n) is 18.6. The minimum absolute atomic E-state index is 0.166. The monoisotopic (exact) mass is 469 g/mol. The van der Waals surface area contributed by atoms with Gasteiger partial charge in [0.05, 0.1) is 16.7 Å². The lowest BCUT2D eigenvalue weighted by Gasteiger charge is -2.24. The Morgan fingerprint density at radius 3 is 2.71 bits per heavy atom. The maximum Gasteiger partial charge on any atom is 0.320 e. The number of aromatic nitrogens is 5. The molecule has 0 unspecified atom stereocenters. The summed E-state index contributed by atoms with van der Waals surface area (Å²) in [5.74, 6) is -1.31. The lowest BCUT2D eigenvalue weighted by molar-refractivity contribution is -0.190. The van der Waals surface area contributed by atoms with Gasteiger partial charge >= 0.3 is 6.55 Å². The van der Waals surface area contributed by atoms with Crippen molar-refractivity contribution in [2.45, 2.75) is 57.6 Å². The SMILES string of the molecule is Cc1ncnc2c1ccn2[C@@H]1O[C@H](C(=O)c2ccc3ncn(C(F)F)c3c2)[C@H]2OC(C)(C)O[C@H]21. The molecule has 0 aliphatic carbocycles. The first-order valence-electron chi connectivity index (χ1n) is 10.8. The van der Waals surface area contributed by atoms with Crippen LogP contribution in [-0.2, 0) is 14.2 Å². The molecule has 176 valence electrons. The van der Waals surface area contributed by atoms with Gasteiger partial charge in [-0.15, -0.1) is 0 Å². The summed E-state index contributed by atoms with van der Waals surface area (Å²) in [6.07, 6.45) is 1.40. The summed E-state index contributed by atoms with van der Waals surface area (Å²) in [4.78, 5) is 26.2. The van der Waals surface area contributed by atoms with Gasteiger partial charge in [-0.1, -0.05) is 0 Å². The van der Waals surface area contributed by atoms with E-state index in [1.807, 2.05) is 23.8 Å². The summed E-state index contributed by atoms with van der Waals surface area (Å²) in [6.45, 7) is 2.66. The number of benzene rings is 1. The van der Waals surface area contributed by atoms with E-state index >= 15 is 0 Å². The molecular weight excluding hydrogens is 448 g/mol. The van der Waals surface area contributed by atoms with Crippen molar-refractivity contribution in [1.82, 2.24) is 24.1 Å². The molecule has 3 aromatic heterocycles. The minimum Gasteiger partial charge on any atom is -0.341 e. The van der Waals surface area contributed by atoms with Crippen molar-refractivity contribution < 1.29 is 27.8 Å². The first kappa shape index (κ1) is 21.3. The number of hydrogen-bond donors (Lipinski definition) is 0. The van der Waals surface area contributed by atoms with Gasteiger partial charge in [-0.05, 0) is 45.0 Å². The van der Waals surface area contributed by atoms with E-state index in [-0.39, 0.29) is 16.9 Å². The molecule has 4 atom stereocenters. The van der Waals surface area contributed by atoms with Crippen LogP contribution in [0.15, 0.2) is 43.1 Å². The van der Waals surface area contributed by atoms with Crippen molar-refractivity contribution in [3.63, 3.8) is 0 Å². The number of aryl methyl sites for hydroxylation is 1. The Hall–Kier alpha value is -3.28. The number of ether oxygens (including phenoxy) is 3. The predicted molar refractivity (Wildman–Crippen MR) is 115 cm³/mol. The van der Waals surface area contributed by atoms with Gasteiger partial charge in [0, 0.05) is 17.1 Å². The van der Waals surface area contributed by atoms with Gasteiger partial charge in [0.25, 0.3) is 0 Å². The summed E-state index contributed by atoms with van der Waals surface area (Å²) in [7, 11) is 0. The molecule has 6 rings (SSSR count). The van der Waals surface area contributed by atoms with Gasteiger partial charge in [0.2, 0.25) is 0 Å². The second-order valence-corrected chi connectivity index (χ2v) is 8.93. The summed E-state index contributed by atoms with van der Waals surface area (Å²) in [6, 6.07) is 6.39. The van der Waals surface area contributed by atoms with Gasteiger partial charge in [-0.25, -0.2) is 15.0 Å². The number of carbonyl (C=O) groups excluding carboxylic acids is 1. The zero-order valence-corrected chi connectivity index (χ0v) is 18.6. The maximum atomic E-state index is 13.6. The molecule has 2 aliphatic heterocycles. The highest BCUT2D eigenvalue weighted by Crippen LogP contribution is 2.45. The van der Waals surface area contributed by atoms with E-state index in [4.69, 9.17) is 14.2 Å². The van der Waals surface area contributed by atoms with Crippen LogP contribution in [0.4, 0.5) is 8.78 Å². The second kappa shape index (κ2) is 7.36. The van der Waals surface area contributed by atoms with Crippen LogP contribution in [0.1, 0.15) is 42.7 Å². The predicted octanol–water partition coefficient (Wildman–Crippen LogP) is 3.78. The summed E-state index contributed by atoms with van der Waals surface area (Å²) in [5.41, 5.74) is 2.23. The number of hydrogen-bond acceptors (Lipinski definition) is 7. The molecule has 2 aliphatic rings. The highest BCUT2D eigenvalue weighted by molar-refractivity contribution is 6.02. The average molecular weight is 469 g/mol. The Balaban J connectivity index is 1.39. The molecule has 0 bridgehead atoms. The lowest BCUT2D eigenvalue weighted by atomic mass is 10.0. The molecule has 0 radical (unpaired) electrons. The molecule has 0 amide bonds. The normalized spacial score (nSPS) is 26.1. The number of nitrogens with zero attached hydrogens (tertiary/aromatic N) is 5. The van der Waals surface area contributed by atoms with Gasteiger partial charge in [-0.3, -0.25) is 9.36 Å². The minimum atomic E-state index is -2.77. The van der Waals surface area contributed by atoms with Crippen LogP contribution in [0, 0.1) is 6.92 Å². The third-order valence-electron chi connectivity index (χ3n) is 6.34. The molecule has 0 saturated carbocycles. The number of alkyl halides is 2. The van der Waals surface area contributed by atoms with Crippen LogP contribution in [0.25, 0.3) is 22.1 Å². The molecule has 4 aromatic rings. The molecule has 1 aromatic carbocycles. The van der Waals surface area contributed by atoms with E-state index in [0.717, 1.165) is 22.0 Å². The van der Waals surface area contributed by atoms with Crippen molar-refractivity contribution in [3.8, 4) is 0 Å². The average Bonchev–Trinajstić information content (AvgIpc) is 3.54. The lowest BCUT2D eigenvalue weighted by Crippen LogP contribution is -2.35. The van der Waals surface area contributed by atoms with Crippen LogP contribution < -0.4 is 0 Å². The summed E-state index contributed by atoms with van der Waals surface area (Å²) >= 11 is 0.